The number of hydrogen-bond acceptors (Lipinski definition) is 2. The van der Waals surface area contributed by atoms with Crippen LogP contribution < -0.4 is 16.0 Å². The number of carbonyl (C=O) groups excluding carboxylic acids is 2. The van der Waals surface area contributed by atoms with Crippen LogP contribution in [-0.4, -0.2) is 24.5 Å². The molecule has 18 heavy (non-hydrogen) atoms. The molecule has 1 aromatic carbocycles. The second-order valence-electron chi connectivity index (χ2n) is 4.08. The van der Waals surface area contributed by atoms with Gasteiger partial charge in [0.25, 0.3) is 0 Å². The summed E-state index contributed by atoms with van der Waals surface area (Å²) in [5, 5.41) is 7.89. The summed E-state index contributed by atoms with van der Waals surface area (Å²) in [6.07, 6.45) is 0. The molecule has 98 valence electrons. The van der Waals surface area contributed by atoms with Gasteiger partial charge in [-0.25, -0.2) is 4.79 Å². The van der Waals surface area contributed by atoms with Crippen molar-refractivity contribution in [3.05, 3.63) is 29.8 Å². The summed E-state index contributed by atoms with van der Waals surface area (Å²) in [5.74, 6) is -0.197. The molecule has 3 amide bonds. The lowest BCUT2D eigenvalue weighted by atomic mass is 10.2. The molecule has 0 radical (unpaired) electrons. The first-order valence-corrected chi connectivity index (χ1v) is 5.94. The number of rotatable bonds is 4. The van der Waals surface area contributed by atoms with Gasteiger partial charge in [0.1, 0.15) is 6.04 Å². The van der Waals surface area contributed by atoms with Crippen molar-refractivity contribution in [2.24, 2.45) is 0 Å². The van der Waals surface area contributed by atoms with E-state index in [4.69, 9.17) is 0 Å². The predicted molar refractivity (Wildman–Crippen MR) is 71.5 cm³/mol. The Balaban J connectivity index is 2.49. The summed E-state index contributed by atoms with van der Waals surface area (Å²) < 4.78 is 0. The van der Waals surface area contributed by atoms with Gasteiger partial charge in [-0.3, -0.25) is 4.79 Å². The van der Waals surface area contributed by atoms with Gasteiger partial charge in [-0.2, -0.15) is 0 Å². The summed E-state index contributed by atoms with van der Waals surface area (Å²) in [5.41, 5.74) is 1.76. The van der Waals surface area contributed by atoms with Crippen LogP contribution in [0.15, 0.2) is 24.3 Å². The van der Waals surface area contributed by atoms with Crippen LogP contribution in [0, 0.1) is 6.92 Å². The maximum atomic E-state index is 11.6. The average molecular weight is 249 g/mol. The first-order chi connectivity index (χ1) is 8.52. The third-order valence-electron chi connectivity index (χ3n) is 2.37. The predicted octanol–water partition coefficient (Wildman–Crippen LogP) is 1.64. The Morgan fingerprint density at radius 1 is 1.33 bits per heavy atom. The number of anilines is 1. The maximum absolute atomic E-state index is 11.6. The number of nitrogens with one attached hydrogen (secondary N) is 3. The van der Waals surface area contributed by atoms with E-state index in [-0.39, 0.29) is 11.9 Å². The highest BCUT2D eigenvalue weighted by molar-refractivity contribution is 5.93. The number of likely N-dealkylation sites (N-methyl/N-ethyl adjacent to an activating group) is 1. The van der Waals surface area contributed by atoms with E-state index in [0.717, 1.165) is 5.56 Å². The van der Waals surface area contributed by atoms with Gasteiger partial charge in [0, 0.05) is 12.2 Å². The van der Waals surface area contributed by atoms with Crippen LogP contribution in [0.2, 0.25) is 0 Å². The molecule has 0 aliphatic heterocycles. The Labute approximate surface area is 107 Å². The minimum absolute atomic E-state index is 0.197. The third kappa shape index (κ3) is 4.45. The van der Waals surface area contributed by atoms with Gasteiger partial charge in [-0.1, -0.05) is 12.1 Å². The molecule has 0 heterocycles. The van der Waals surface area contributed by atoms with E-state index in [1.54, 1.807) is 13.0 Å². The molecule has 0 spiro atoms. The minimum atomic E-state index is -0.560. The quantitative estimate of drug-likeness (QED) is 0.759. The summed E-state index contributed by atoms with van der Waals surface area (Å²) in [7, 11) is 0. The van der Waals surface area contributed by atoms with Crippen molar-refractivity contribution < 1.29 is 9.59 Å². The van der Waals surface area contributed by atoms with Gasteiger partial charge >= 0.3 is 6.03 Å². The van der Waals surface area contributed by atoms with Crippen LogP contribution in [0.3, 0.4) is 0 Å². The Kier molecular flexibility index (Phi) is 5.17. The maximum Gasteiger partial charge on any atom is 0.319 e. The Bertz CT molecular complexity index is 432. The van der Waals surface area contributed by atoms with Crippen LogP contribution in [0.1, 0.15) is 19.4 Å². The standard InChI is InChI=1S/C13H19N3O2/c1-4-14-12(17)10(3)15-13(18)16-11-7-5-6-9(2)8-11/h5-8,10H,4H2,1-3H3,(H,14,17)(H2,15,16,18). The van der Waals surface area contributed by atoms with Crippen molar-refractivity contribution in [1.29, 1.82) is 0 Å². The molecular formula is C13H19N3O2. The van der Waals surface area contributed by atoms with Gasteiger partial charge < -0.3 is 16.0 Å². The Morgan fingerprint density at radius 2 is 2.06 bits per heavy atom. The summed E-state index contributed by atoms with van der Waals surface area (Å²) >= 11 is 0. The zero-order valence-electron chi connectivity index (χ0n) is 10.9. The number of amides is 3. The van der Waals surface area contributed by atoms with Crippen molar-refractivity contribution in [3.63, 3.8) is 0 Å². The van der Waals surface area contributed by atoms with E-state index in [9.17, 15) is 9.59 Å². The smallest absolute Gasteiger partial charge is 0.319 e. The first kappa shape index (κ1) is 14.0. The van der Waals surface area contributed by atoms with E-state index >= 15 is 0 Å². The Hall–Kier alpha value is -2.04. The third-order valence-corrected chi connectivity index (χ3v) is 2.37. The molecule has 1 aromatic rings. The molecule has 0 aliphatic rings. The van der Waals surface area contributed by atoms with E-state index in [1.165, 1.54) is 0 Å². The zero-order chi connectivity index (χ0) is 13.5. The summed E-state index contributed by atoms with van der Waals surface area (Å²) in [4.78, 5) is 23.1. The fourth-order valence-electron chi connectivity index (χ4n) is 1.48. The molecule has 0 bridgehead atoms. The highest BCUT2D eigenvalue weighted by Gasteiger charge is 2.14. The highest BCUT2D eigenvalue weighted by Crippen LogP contribution is 2.08. The lowest BCUT2D eigenvalue weighted by Crippen LogP contribution is -2.46. The number of benzene rings is 1. The van der Waals surface area contributed by atoms with E-state index < -0.39 is 6.04 Å². The molecule has 5 nitrogen and oxygen atoms in total. The van der Waals surface area contributed by atoms with E-state index in [2.05, 4.69) is 16.0 Å². The summed E-state index contributed by atoms with van der Waals surface area (Å²) in [6, 6.07) is 6.51. The SMILES string of the molecule is CCNC(=O)C(C)NC(=O)Nc1cccc(C)c1. The fourth-order valence-corrected chi connectivity index (χ4v) is 1.48. The van der Waals surface area contributed by atoms with Gasteiger partial charge in [0.15, 0.2) is 0 Å². The van der Waals surface area contributed by atoms with E-state index in [1.807, 2.05) is 32.0 Å². The molecule has 0 fully saturated rings. The zero-order valence-corrected chi connectivity index (χ0v) is 10.9. The molecule has 1 unspecified atom stereocenters. The molecule has 1 rings (SSSR count). The number of hydrogen-bond donors (Lipinski definition) is 3. The van der Waals surface area contributed by atoms with Crippen LogP contribution in [0.25, 0.3) is 0 Å². The lowest BCUT2D eigenvalue weighted by Gasteiger charge is -2.14. The molecule has 0 aliphatic carbocycles. The van der Waals surface area contributed by atoms with Gasteiger partial charge in [-0.05, 0) is 38.5 Å². The normalized spacial score (nSPS) is 11.5. The lowest BCUT2D eigenvalue weighted by molar-refractivity contribution is -0.122. The summed E-state index contributed by atoms with van der Waals surface area (Å²) in [6.45, 7) is 5.96. The highest BCUT2D eigenvalue weighted by atomic mass is 16.2. The molecule has 3 N–H and O–H groups in total. The number of aryl methyl sites for hydroxylation is 1. The second-order valence-corrected chi connectivity index (χ2v) is 4.08. The second kappa shape index (κ2) is 6.64. The molecule has 1 atom stereocenters. The average Bonchev–Trinajstić information content (AvgIpc) is 2.28. The van der Waals surface area contributed by atoms with Gasteiger partial charge in [-0.15, -0.1) is 0 Å². The molecular weight excluding hydrogens is 230 g/mol. The topological polar surface area (TPSA) is 70.2 Å². The van der Waals surface area contributed by atoms with Gasteiger partial charge in [0.05, 0.1) is 0 Å². The fraction of sp³-hybridized carbons (Fsp3) is 0.385. The first-order valence-electron chi connectivity index (χ1n) is 5.94. The van der Waals surface area contributed by atoms with Crippen molar-refractivity contribution in [3.8, 4) is 0 Å². The van der Waals surface area contributed by atoms with Crippen molar-refractivity contribution in [1.82, 2.24) is 10.6 Å². The van der Waals surface area contributed by atoms with E-state index in [0.29, 0.717) is 12.2 Å². The largest absolute Gasteiger partial charge is 0.355 e. The van der Waals surface area contributed by atoms with Crippen LogP contribution in [0.4, 0.5) is 10.5 Å². The minimum Gasteiger partial charge on any atom is -0.355 e. The van der Waals surface area contributed by atoms with Crippen molar-refractivity contribution in [2.45, 2.75) is 26.8 Å². The molecule has 0 saturated carbocycles. The van der Waals surface area contributed by atoms with Gasteiger partial charge in [0.2, 0.25) is 5.91 Å². The number of urea groups is 1. The molecule has 0 aromatic heterocycles. The number of carbonyl (C=O) groups is 2. The molecule has 0 saturated heterocycles. The Morgan fingerprint density at radius 3 is 2.67 bits per heavy atom. The molecule has 5 heteroatoms. The van der Waals surface area contributed by atoms with Crippen molar-refractivity contribution in [2.75, 3.05) is 11.9 Å². The van der Waals surface area contributed by atoms with Crippen molar-refractivity contribution >= 4 is 17.6 Å². The van der Waals surface area contributed by atoms with Crippen LogP contribution in [-0.2, 0) is 4.79 Å². The monoisotopic (exact) mass is 249 g/mol. The van der Waals surface area contributed by atoms with Crippen LogP contribution in [0.5, 0.6) is 0 Å². The van der Waals surface area contributed by atoms with Crippen LogP contribution >= 0.6 is 0 Å².